The van der Waals surface area contributed by atoms with Gasteiger partial charge in [-0.3, -0.25) is 0 Å². The third-order valence-corrected chi connectivity index (χ3v) is 3.31. The van der Waals surface area contributed by atoms with E-state index in [1.807, 2.05) is 30.3 Å². The molecule has 6 heteroatoms. The van der Waals surface area contributed by atoms with E-state index in [0.29, 0.717) is 0 Å². The van der Waals surface area contributed by atoms with Gasteiger partial charge in [-0.1, -0.05) is 30.3 Å². The summed E-state index contributed by atoms with van der Waals surface area (Å²) >= 11 is 0. The summed E-state index contributed by atoms with van der Waals surface area (Å²) in [6.07, 6.45) is 2.87. The fourth-order valence-electron chi connectivity index (χ4n) is 1.81. The van der Waals surface area contributed by atoms with Gasteiger partial charge in [-0.2, -0.15) is 4.36 Å². The Bertz CT molecular complexity index is 788. The maximum absolute atomic E-state index is 13.6. The van der Waals surface area contributed by atoms with Crippen molar-refractivity contribution in [3.63, 3.8) is 0 Å². The second kappa shape index (κ2) is 6.70. The number of nitrogens with zero attached hydrogens (tertiary/aromatic N) is 1. The van der Waals surface area contributed by atoms with Crippen LogP contribution in [0.15, 0.2) is 52.9 Å². The van der Waals surface area contributed by atoms with E-state index < -0.39 is 21.5 Å². The minimum atomic E-state index is -2.44. The third kappa shape index (κ3) is 4.96. The van der Waals surface area contributed by atoms with E-state index in [4.69, 9.17) is 4.74 Å². The predicted octanol–water partition coefficient (Wildman–Crippen LogP) is 3.54. The number of carbonyl (C=O) groups excluding carboxylic acids is 1. The lowest BCUT2D eigenvalue weighted by Gasteiger charge is -2.06. The van der Waals surface area contributed by atoms with E-state index in [1.165, 1.54) is 18.6 Å². The van der Waals surface area contributed by atoms with Crippen LogP contribution in [0.2, 0.25) is 0 Å². The molecule has 0 spiro atoms. The largest absolute Gasteiger partial charge is 0.457 e. The SMILES string of the molecule is CS(C)(=O)=Nc1cc(F)cc(C(=O)OCc2ccccc2)c1. The predicted molar refractivity (Wildman–Crippen MR) is 84.0 cm³/mol. The quantitative estimate of drug-likeness (QED) is 0.809. The molecule has 0 saturated carbocycles. The van der Waals surface area contributed by atoms with Crippen LogP contribution in [-0.4, -0.2) is 22.7 Å². The van der Waals surface area contributed by atoms with E-state index in [2.05, 4.69) is 4.36 Å². The van der Waals surface area contributed by atoms with Crippen molar-refractivity contribution in [3.05, 3.63) is 65.5 Å². The van der Waals surface area contributed by atoms with Gasteiger partial charge in [0.2, 0.25) is 0 Å². The van der Waals surface area contributed by atoms with Gasteiger partial charge in [0, 0.05) is 28.3 Å². The van der Waals surface area contributed by atoms with Gasteiger partial charge >= 0.3 is 5.97 Å². The standard InChI is InChI=1S/C16H16FNO3S/c1-22(2,20)18-15-9-13(8-14(17)10-15)16(19)21-11-12-6-4-3-5-7-12/h3-10H,11H2,1-2H3. The summed E-state index contributed by atoms with van der Waals surface area (Å²) in [5.41, 5.74) is 1.03. The van der Waals surface area contributed by atoms with Gasteiger partial charge in [-0.05, 0) is 17.7 Å². The van der Waals surface area contributed by atoms with Crippen molar-refractivity contribution in [3.8, 4) is 0 Å². The van der Waals surface area contributed by atoms with Crippen LogP contribution < -0.4 is 0 Å². The lowest BCUT2D eigenvalue weighted by Crippen LogP contribution is -2.05. The zero-order valence-electron chi connectivity index (χ0n) is 12.3. The zero-order chi connectivity index (χ0) is 16.2. The highest BCUT2D eigenvalue weighted by molar-refractivity contribution is 7.92. The van der Waals surface area contributed by atoms with Crippen LogP contribution in [0.3, 0.4) is 0 Å². The second-order valence-corrected chi connectivity index (χ2v) is 7.58. The molecular formula is C16H16FNO3S. The summed E-state index contributed by atoms with van der Waals surface area (Å²) in [6, 6.07) is 12.7. The number of hydrogen-bond acceptors (Lipinski definition) is 4. The maximum Gasteiger partial charge on any atom is 0.338 e. The molecule has 0 atom stereocenters. The molecule has 2 rings (SSSR count). The lowest BCUT2D eigenvalue weighted by atomic mass is 10.2. The first-order chi connectivity index (χ1) is 10.3. The summed E-state index contributed by atoms with van der Waals surface area (Å²) in [5, 5.41) is 0. The zero-order valence-corrected chi connectivity index (χ0v) is 13.1. The van der Waals surface area contributed by atoms with Gasteiger partial charge in [0.15, 0.2) is 0 Å². The number of rotatable bonds is 4. The fraction of sp³-hybridized carbons (Fsp3) is 0.188. The second-order valence-electron chi connectivity index (χ2n) is 5.03. The first kappa shape index (κ1) is 16.2. The van der Waals surface area contributed by atoms with Gasteiger partial charge in [-0.25, -0.2) is 13.4 Å². The minimum absolute atomic E-state index is 0.0401. The number of esters is 1. The van der Waals surface area contributed by atoms with E-state index in [1.54, 1.807) is 0 Å². The van der Waals surface area contributed by atoms with E-state index in [9.17, 15) is 13.4 Å². The van der Waals surface area contributed by atoms with Gasteiger partial charge < -0.3 is 4.74 Å². The highest BCUT2D eigenvalue weighted by atomic mass is 32.2. The number of benzene rings is 2. The van der Waals surface area contributed by atoms with Crippen LogP contribution in [0.4, 0.5) is 10.1 Å². The molecule has 2 aromatic carbocycles. The molecular weight excluding hydrogens is 305 g/mol. The van der Waals surface area contributed by atoms with E-state index in [0.717, 1.165) is 17.7 Å². The molecule has 0 aromatic heterocycles. The van der Waals surface area contributed by atoms with Crippen molar-refractivity contribution in [1.82, 2.24) is 0 Å². The average Bonchev–Trinajstić information content (AvgIpc) is 2.43. The molecule has 0 radical (unpaired) electrons. The first-order valence-electron chi connectivity index (χ1n) is 6.52. The summed E-state index contributed by atoms with van der Waals surface area (Å²) in [6.45, 7) is 0.0982. The maximum atomic E-state index is 13.6. The monoisotopic (exact) mass is 321 g/mol. The Kier molecular flexibility index (Phi) is 4.92. The van der Waals surface area contributed by atoms with Crippen molar-refractivity contribution in [2.24, 2.45) is 4.36 Å². The number of carbonyl (C=O) groups is 1. The summed E-state index contributed by atoms with van der Waals surface area (Å²) in [4.78, 5) is 12.0. The molecule has 0 bridgehead atoms. The minimum Gasteiger partial charge on any atom is -0.457 e. The molecule has 0 fully saturated rings. The Morgan fingerprint density at radius 2 is 1.86 bits per heavy atom. The lowest BCUT2D eigenvalue weighted by molar-refractivity contribution is 0.0472. The molecule has 0 saturated heterocycles. The molecule has 0 aliphatic carbocycles. The van der Waals surface area contributed by atoms with E-state index in [-0.39, 0.29) is 17.9 Å². The van der Waals surface area contributed by atoms with Crippen molar-refractivity contribution in [2.45, 2.75) is 6.61 Å². The topological polar surface area (TPSA) is 55.7 Å². The normalized spacial score (nSPS) is 11.0. The van der Waals surface area contributed by atoms with Crippen LogP contribution in [-0.2, 0) is 21.1 Å². The Morgan fingerprint density at radius 3 is 2.50 bits per heavy atom. The third-order valence-electron chi connectivity index (χ3n) is 2.66. The first-order valence-corrected chi connectivity index (χ1v) is 8.85. The van der Waals surface area contributed by atoms with Gasteiger partial charge in [-0.15, -0.1) is 0 Å². The Morgan fingerprint density at radius 1 is 1.18 bits per heavy atom. The molecule has 2 aromatic rings. The van der Waals surface area contributed by atoms with Gasteiger partial charge in [0.05, 0.1) is 11.3 Å². The number of halogens is 1. The van der Waals surface area contributed by atoms with Gasteiger partial charge in [0.25, 0.3) is 0 Å². The smallest absolute Gasteiger partial charge is 0.338 e. The van der Waals surface area contributed by atoms with Crippen LogP contribution in [0.25, 0.3) is 0 Å². The highest BCUT2D eigenvalue weighted by Gasteiger charge is 2.11. The van der Waals surface area contributed by atoms with Crippen LogP contribution >= 0.6 is 0 Å². The van der Waals surface area contributed by atoms with Crippen LogP contribution in [0.5, 0.6) is 0 Å². The molecule has 0 unspecified atom stereocenters. The molecule has 0 N–H and O–H groups in total. The van der Waals surface area contributed by atoms with Gasteiger partial charge in [0.1, 0.15) is 12.4 Å². The number of ether oxygens (including phenoxy) is 1. The highest BCUT2D eigenvalue weighted by Crippen LogP contribution is 2.19. The molecule has 0 aliphatic heterocycles. The molecule has 0 heterocycles. The summed E-state index contributed by atoms with van der Waals surface area (Å²) < 4.78 is 34.2. The fourth-order valence-corrected chi connectivity index (χ4v) is 2.42. The molecule has 22 heavy (non-hydrogen) atoms. The van der Waals surface area contributed by atoms with Crippen molar-refractivity contribution < 1.29 is 18.1 Å². The molecule has 0 aliphatic rings. The summed E-state index contributed by atoms with van der Waals surface area (Å²) in [7, 11) is -2.44. The summed E-state index contributed by atoms with van der Waals surface area (Å²) in [5.74, 6) is -1.28. The van der Waals surface area contributed by atoms with Crippen LogP contribution in [0.1, 0.15) is 15.9 Å². The van der Waals surface area contributed by atoms with Crippen molar-refractivity contribution in [2.75, 3.05) is 12.5 Å². The Hall–Kier alpha value is -2.21. The average molecular weight is 321 g/mol. The molecule has 0 amide bonds. The molecule has 4 nitrogen and oxygen atoms in total. The van der Waals surface area contributed by atoms with E-state index >= 15 is 0 Å². The molecule has 116 valence electrons. The Balaban J connectivity index is 2.18. The van der Waals surface area contributed by atoms with Crippen LogP contribution in [0, 0.1) is 5.82 Å². The number of hydrogen-bond donors (Lipinski definition) is 0. The van der Waals surface area contributed by atoms with Crippen molar-refractivity contribution >= 4 is 21.4 Å². The van der Waals surface area contributed by atoms with Crippen molar-refractivity contribution in [1.29, 1.82) is 0 Å². The Labute approximate surface area is 129 Å².